The predicted molar refractivity (Wildman–Crippen MR) is 119 cm³/mol. The zero-order valence-corrected chi connectivity index (χ0v) is 18.3. The zero-order valence-electron chi connectivity index (χ0n) is 18.3. The molecule has 0 saturated heterocycles. The molecular weight excluding hydrogens is 378 g/mol. The first-order valence-corrected chi connectivity index (χ1v) is 11.0. The van der Waals surface area contributed by atoms with Crippen LogP contribution in [0, 0.1) is 5.92 Å². The molecule has 162 valence electrons. The molecule has 1 aromatic carbocycles. The molecule has 7 nitrogen and oxygen atoms in total. The number of aromatic nitrogens is 1. The first-order chi connectivity index (χ1) is 14.6. The van der Waals surface area contributed by atoms with Crippen LogP contribution < -0.4 is 16.0 Å². The van der Waals surface area contributed by atoms with Gasteiger partial charge < -0.3 is 20.5 Å². The number of benzene rings is 1. The summed E-state index contributed by atoms with van der Waals surface area (Å²) in [5, 5.41) is 13.9. The average Bonchev–Trinajstić information content (AvgIpc) is 3.11. The standard InChI is InChI=1S/C23H33N5O2/c1-4-20-19(21(5-2)30-28-20)15-26-23(24-6-3)25-14-16-9-7-12-18(13-16)27-22(29)17-10-8-11-17/h7,9,12-13,17H,4-6,8,10-11,14-15H2,1-3H3,(H,27,29)(H2,24,25,26). The van der Waals surface area contributed by atoms with Crippen LogP contribution in [0.15, 0.2) is 33.8 Å². The Bertz CT molecular complexity index is 849. The second-order valence-corrected chi connectivity index (χ2v) is 7.60. The number of hydrogen-bond acceptors (Lipinski definition) is 4. The van der Waals surface area contributed by atoms with Crippen LogP contribution in [-0.4, -0.2) is 23.6 Å². The highest BCUT2D eigenvalue weighted by atomic mass is 16.5. The summed E-state index contributed by atoms with van der Waals surface area (Å²) in [5.74, 6) is 1.97. The second-order valence-electron chi connectivity index (χ2n) is 7.60. The minimum absolute atomic E-state index is 0.129. The molecule has 1 aliphatic rings. The number of aryl methyl sites for hydroxylation is 2. The van der Waals surface area contributed by atoms with Crippen LogP contribution in [-0.2, 0) is 30.7 Å². The summed E-state index contributed by atoms with van der Waals surface area (Å²) >= 11 is 0. The summed E-state index contributed by atoms with van der Waals surface area (Å²) in [7, 11) is 0. The fourth-order valence-corrected chi connectivity index (χ4v) is 3.48. The van der Waals surface area contributed by atoms with Gasteiger partial charge in [0.2, 0.25) is 5.91 Å². The van der Waals surface area contributed by atoms with Crippen molar-refractivity contribution in [2.45, 2.75) is 66.0 Å². The molecule has 1 saturated carbocycles. The topological polar surface area (TPSA) is 91.5 Å². The van der Waals surface area contributed by atoms with Gasteiger partial charge in [-0.1, -0.05) is 37.6 Å². The summed E-state index contributed by atoms with van der Waals surface area (Å²) in [4.78, 5) is 16.9. The van der Waals surface area contributed by atoms with E-state index in [0.717, 1.165) is 72.9 Å². The fraction of sp³-hybridized carbons (Fsp3) is 0.522. The molecule has 0 unspecified atom stereocenters. The van der Waals surface area contributed by atoms with Crippen molar-refractivity contribution in [3.05, 3.63) is 46.8 Å². The number of nitrogens with one attached hydrogen (secondary N) is 3. The number of rotatable bonds is 9. The minimum Gasteiger partial charge on any atom is -0.361 e. The SMILES string of the molecule is CCNC(=NCc1cccc(NC(=O)C2CCC2)c1)NCc1c(CC)noc1CC. The van der Waals surface area contributed by atoms with Crippen molar-refractivity contribution in [1.29, 1.82) is 0 Å². The van der Waals surface area contributed by atoms with E-state index >= 15 is 0 Å². The van der Waals surface area contributed by atoms with E-state index in [9.17, 15) is 4.79 Å². The van der Waals surface area contributed by atoms with Gasteiger partial charge in [-0.05, 0) is 43.9 Å². The van der Waals surface area contributed by atoms with E-state index in [4.69, 9.17) is 9.52 Å². The molecule has 0 bridgehead atoms. The molecule has 1 aromatic heterocycles. The van der Waals surface area contributed by atoms with E-state index in [1.165, 1.54) is 0 Å². The maximum atomic E-state index is 12.2. The molecule has 1 heterocycles. The number of amides is 1. The average molecular weight is 412 g/mol. The second kappa shape index (κ2) is 10.8. The van der Waals surface area contributed by atoms with Gasteiger partial charge in [-0.25, -0.2) is 4.99 Å². The molecule has 0 aliphatic heterocycles. The fourth-order valence-electron chi connectivity index (χ4n) is 3.48. The summed E-state index contributed by atoms with van der Waals surface area (Å²) in [6, 6.07) is 7.90. The van der Waals surface area contributed by atoms with Crippen molar-refractivity contribution in [3.63, 3.8) is 0 Å². The van der Waals surface area contributed by atoms with Crippen LogP contribution in [0.1, 0.15) is 62.6 Å². The van der Waals surface area contributed by atoms with E-state index in [1.54, 1.807) is 0 Å². The third kappa shape index (κ3) is 5.62. The monoisotopic (exact) mass is 411 g/mol. The molecule has 0 atom stereocenters. The molecule has 7 heteroatoms. The Morgan fingerprint density at radius 3 is 2.70 bits per heavy atom. The third-order valence-corrected chi connectivity index (χ3v) is 5.47. The van der Waals surface area contributed by atoms with Crippen molar-refractivity contribution >= 4 is 17.6 Å². The summed E-state index contributed by atoms with van der Waals surface area (Å²) in [6.45, 7) is 8.11. The van der Waals surface area contributed by atoms with Gasteiger partial charge in [-0.15, -0.1) is 0 Å². The van der Waals surface area contributed by atoms with Crippen molar-refractivity contribution < 1.29 is 9.32 Å². The van der Waals surface area contributed by atoms with Crippen LogP contribution in [0.4, 0.5) is 5.69 Å². The van der Waals surface area contributed by atoms with E-state index in [2.05, 4.69) is 35.0 Å². The van der Waals surface area contributed by atoms with Crippen LogP contribution in [0.2, 0.25) is 0 Å². The highest BCUT2D eigenvalue weighted by Crippen LogP contribution is 2.27. The number of carbonyl (C=O) groups is 1. The Morgan fingerprint density at radius 1 is 1.20 bits per heavy atom. The van der Waals surface area contributed by atoms with Crippen molar-refractivity contribution in [2.75, 3.05) is 11.9 Å². The molecule has 3 rings (SSSR count). The third-order valence-electron chi connectivity index (χ3n) is 5.47. The number of hydrogen-bond donors (Lipinski definition) is 3. The Balaban J connectivity index is 1.62. The first kappa shape index (κ1) is 21.9. The number of carbonyl (C=O) groups excluding carboxylic acids is 1. The van der Waals surface area contributed by atoms with E-state index in [1.807, 2.05) is 31.2 Å². The maximum Gasteiger partial charge on any atom is 0.227 e. The molecule has 1 amide bonds. The van der Waals surface area contributed by atoms with Gasteiger partial charge in [0.15, 0.2) is 5.96 Å². The number of nitrogens with zero attached hydrogens (tertiary/aromatic N) is 2. The molecule has 0 spiro atoms. The lowest BCUT2D eigenvalue weighted by molar-refractivity contribution is -0.122. The number of guanidine groups is 1. The van der Waals surface area contributed by atoms with E-state index in [0.29, 0.717) is 13.1 Å². The largest absolute Gasteiger partial charge is 0.361 e. The molecule has 30 heavy (non-hydrogen) atoms. The first-order valence-electron chi connectivity index (χ1n) is 11.0. The van der Waals surface area contributed by atoms with Gasteiger partial charge in [0.05, 0.1) is 12.2 Å². The summed E-state index contributed by atoms with van der Waals surface area (Å²) in [6.07, 6.45) is 4.81. The summed E-state index contributed by atoms with van der Waals surface area (Å²) < 4.78 is 5.45. The molecule has 1 fully saturated rings. The normalized spacial score (nSPS) is 14.3. The van der Waals surface area contributed by atoms with Gasteiger partial charge in [-0.3, -0.25) is 4.79 Å². The predicted octanol–water partition coefficient (Wildman–Crippen LogP) is 3.79. The lowest BCUT2D eigenvalue weighted by Gasteiger charge is -2.24. The molecule has 0 radical (unpaired) electrons. The Morgan fingerprint density at radius 2 is 2.03 bits per heavy atom. The van der Waals surface area contributed by atoms with Gasteiger partial charge in [0.25, 0.3) is 0 Å². The quantitative estimate of drug-likeness (QED) is 0.431. The van der Waals surface area contributed by atoms with Crippen molar-refractivity contribution in [2.24, 2.45) is 10.9 Å². The van der Waals surface area contributed by atoms with E-state index in [-0.39, 0.29) is 11.8 Å². The molecule has 2 aromatic rings. The molecule has 1 aliphatic carbocycles. The molecular formula is C23H33N5O2. The highest BCUT2D eigenvalue weighted by molar-refractivity contribution is 5.93. The van der Waals surface area contributed by atoms with Gasteiger partial charge in [-0.2, -0.15) is 0 Å². The summed E-state index contributed by atoms with van der Waals surface area (Å²) in [5.41, 5.74) is 3.99. The van der Waals surface area contributed by atoms with Gasteiger partial charge >= 0.3 is 0 Å². The number of anilines is 1. The number of aliphatic imine (C=N–C) groups is 1. The van der Waals surface area contributed by atoms with Crippen LogP contribution in [0.3, 0.4) is 0 Å². The van der Waals surface area contributed by atoms with Crippen molar-refractivity contribution in [1.82, 2.24) is 15.8 Å². The van der Waals surface area contributed by atoms with Crippen LogP contribution in [0.5, 0.6) is 0 Å². The van der Waals surface area contributed by atoms with Crippen molar-refractivity contribution in [3.8, 4) is 0 Å². The Kier molecular flexibility index (Phi) is 7.88. The van der Waals surface area contributed by atoms with Gasteiger partial charge in [0, 0.05) is 36.7 Å². The van der Waals surface area contributed by atoms with Crippen LogP contribution in [0.25, 0.3) is 0 Å². The Labute approximate surface area is 178 Å². The molecule has 3 N–H and O–H groups in total. The lowest BCUT2D eigenvalue weighted by Crippen LogP contribution is -2.37. The highest BCUT2D eigenvalue weighted by Gasteiger charge is 2.25. The maximum absolute atomic E-state index is 12.2. The van der Waals surface area contributed by atoms with Gasteiger partial charge in [0.1, 0.15) is 5.76 Å². The smallest absolute Gasteiger partial charge is 0.227 e. The zero-order chi connectivity index (χ0) is 21.3. The Hall–Kier alpha value is -2.83. The lowest BCUT2D eigenvalue weighted by atomic mass is 9.85. The minimum atomic E-state index is 0.129. The van der Waals surface area contributed by atoms with Crippen LogP contribution >= 0.6 is 0 Å². The van der Waals surface area contributed by atoms with E-state index < -0.39 is 0 Å².